The van der Waals surface area contributed by atoms with Crippen LogP contribution in [-0.2, 0) is 4.79 Å². The van der Waals surface area contributed by atoms with Crippen LogP contribution in [0.5, 0.6) is 0 Å². The van der Waals surface area contributed by atoms with Gasteiger partial charge in [0.15, 0.2) is 0 Å². The van der Waals surface area contributed by atoms with Crippen molar-refractivity contribution in [3.63, 3.8) is 0 Å². The molecule has 4 rings (SSSR count). The Hall–Kier alpha value is -1.01. The van der Waals surface area contributed by atoms with Crippen LogP contribution >= 0.6 is 23.2 Å². The van der Waals surface area contributed by atoms with Crippen molar-refractivity contribution in [3.05, 3.63) is 28.2 Å². The summed E-state index contributed by atoms with van der Waals surface area (Å²) >= 11 is 12.2. The Kier molecular flexibility index (Phi) is 5.81. The molecule has 2 heterocycles. The highest BCUT2D eigenvalue weighted by atomic mass is 35.5. The highest BCUT2D eigenvalue weighted by molar-refractivity contribution is 6.42. The van der Waals surface area contributed by atoms with Crippen LogP contribution in [0.4, 0.5) is 5.69 Å². The van der Waals surface area contributed by atoms with Crippen molar-refractivity contribution in [1.29, 1.82) is 0 Å². The molecule has 1 N–H and O–H groups in total. The number of piperazine rings is 1. The normalized spacial score (nSPS) is 27.5. The number of hydrogen-bond acceptors (Lipinski definition) is 4. The number of amides is 1. The number of carbonyl (C=O) groups is 1. The van der Waals surface area contributed by atoms with Crippen LogP contribution in [-0.4, -0.2) is 72.2 Å². The summed E-state index contributed by atoms with van der Waals surface area (Å²) in [5, 5.41) is 11.4. The van der Waals surface area contributed by atoms with Crippen molar-refractivity contribution in [2.45, 2.75) is 44.8 Å². The molecular formula is C21H29Cl2N3O2. The van der Waals surface area contributed by atoms with Gasteiger partial charge in [-0.3, -0.25) is 4.79 Å². The van der Waals surface area contributed by atoms with Gasteiger partial charge in [0, 0.05) is 31.9 Å². The standard InChI is InChI=1S/C21H29Cl2N3O2/c1-15-20(28)25(11-12-26(15)16-3-4-17(22)18(23)13-16)9-2-8-24-10-7-21(5-6-21)19(27)14-24/h3-4,13,15,19,27H,2,5-12,14H2,1H3/t15?,19-/m1/s1. The largest absolute Gasteiger partial charge is 0.391 e. The van der Waals surface area contributed by atoms with Crippen LogP contribution in [0.1, 0.15) is 32.6 Å². The van der Waals surface area contributed by atoms with E-state index in [1.165, 1.54) is 12.8 Å². The van der Waals surface area contributed by atoms with Gasteiger partial charge in [0.05, 0.1) is 16.1 Å². The van der Waals surface area contributed by atoms with Gasteiger partial charge in [-0.1, -0.05) is 23.2 Å². The van der Waals surface area contributed by atoms with Crippen LogP contribution in [0.3, 0.4) is 0 Å². The highest BCUT2D eigenvalue weighted by Crippen LogP contribution is 2.53. The highest BCUT2D eigenvalue weighted by Gasteiger charge is 2.51. The van der Waals surface area contributed by atoms with Crippen LogP contribution in [0.2, 0.25) is 10.0 Å². The molecule has 3 fully saturated rings. The SMILES string of the molecule is CC1C(=O)N(CCCN2CCC3(CC3)[C@H](O)C2)CCN1c1ccc(Cl)c(Cl)c1. The first kappa shape index (κ1) is 20.3. The lowest BCUT2D eigenvalue weighted by molar-refractivity contribution is -0.134. The molecule has 0 radical (unpaired) electrons. The van der Waals surface area contributed by atoms with Gasteiger partial charge in [-0.15, -0.1) is 0 Å². The molecule has 0 aromatic heterocycles. The lowest BCUT2D eigenvalue weighted by atomic mass is 9.90. The minimum absolute atomic E-state index is 0.160. The first-order valence-corrected chi connectivity index (χ1v) is 11.1. The summed E-state index contributed by atoms with van der Waals surface area (Å²) in [7, 11) is 0. The number of rotatable bonds is 5. The molecule has 1 aromatic rings. The zero-order valence-corrected chi connectivity index (χ0v) is 17.9. The van der Waals surface area contributed by atoms with Gasteiger partial charge in [0.1, 0.15) is 6.04 Å². The van der Waals surface area contributed by atoms with Crippen LogP contribution in [0, 0.1) is 5.41 Å². The monoisotopic (exact) mass is 425 g/mol. The number of anilines is 1. The first-order valence-electron chi connectivity index (χ1n) is 10.3. The average Bonchev–Trinajstić information content (AvgIpc) is 3.45. The summed E-state index contributed by atoms with van der Waals surface area (Å²) in [5.41, 5.74) is 1.19. The zero-order valence-electron chi connectivity index (χ0n) is 16.4. The zero-order chi connectivity index (χ0) is 19.9. The van der Waals surface area contributed by atoms with Crippen molar-refractivity contribution >= 4 is 34.8 Å². The third-order valence-corrected chi connectivity index (χ3v) is 7.58. The second kappa shape index (κ2) is 8.02. The Labute approximate surface area is 177 Å². The number of β-amino-alcohol motifs (C(OH)–C–C–N with tert-alkyl or cyclic N) is 1. The summed E-state index contributed by atoms with van der Waals surface area (Å²) in [6.45, 7) is 7.04. The van der Waals surface area contributed by atoms with Crippen molar-refractivity contribution in [1.82, 2.24) is 9.80 Å². The number of halogens is 2. The van der Waals surface area contributed by atoms with Crippen LogP contribution in [0.25, 0.3) is 0 Å². The maximum atomic E-state index is 12.9. The van der Waals surface area contributed by atoms with Gasteiger partial charge in [-0.2, -0.15) is 0 Å². The molecule has 154 valence electrons. The smallest absolute Gasteiger partial charge is 0.245 e. The topological polar surface area (TPSA) is 47.0 Å². The molecule has 1 spiro atoms. The molecule has 28 heavy (non-hydrogen) atoms. The Morgan fingerprint density at radius 1 is 1.11 bits per heavy atom. The lowest BCUT2D eigenvalue weighted by Crippen LogP contribution is -2.56. The molecule has 1 unspecified atom stereocenters. The van der Waals surface area contributed by atoms with Gasteiger partial charge in [-0.25, -0.2) is 0 Å². The summed E-state index contributed by atoms with van der Waals surface area (Å²) < 4.78 is 0. The Bertz CT molecular complexity index is 740. The van der Waals surface area contributed by atoms with Gasteiger partial charge in [0.25, 0.3) is 0 Å². The molecule has 3 aliphatic rings. The molecule has 1 aliphatic carbocycles. The molecule has 5 nitrogen and oxygen atoms in total. The number of nitrogens with zero attached hydrogens (tertiary/aromatic N) is 3. The van der Waals surface area contributed by atoms with Gasteiger partial charge < -0.3 is 19.8 Å². The number of likely N-dealkylation sites (tertiary alicyclic amines) is 1. The molecular weight excluding hydrogens is 397 g/mol. The molecule has 1 amide bonds. The second-order valence-electron chi connectivity index (χ2n) is 8.58. The summed E-state index contributed by atoms with van der Waals surface area (Å²) in [6.07, 6.45) is 4.28. The van der Waals surface area contributed by atoms with Crippen molar-refractivity contribution < 1.29 is 9.90 Å². The molecule has 1 saturated carbocycles. The number of carbonyl (C=O) groups excluding carboxylic acids is 1. The van der Waals surface area contributed by atoms with Crippen molar-refractivity contribution in [2.75, 3.05) is 44.2 Å². The fraction of sp³-hybridized carbons (Fsp3) is 0.667. The minimum atomic E-state index is -0.211. The summed E-state index contributed by atoms with van der Waals surface area (Å²) in [4.78, 5) is 19.3. The molecule has 2 saturated heterocycles. The maximum absolute atomic E-state index is 12.9. The maximum Gasteiger partial charge on any atom is 0.245 e. The lowest BCUT2D eigenvalue weighted by Gasteiger charge is -2.41. The van der Waals surface area contributed by atoms with E-state index < -0.39 is 0 Å². The second-order valence-corrected chi connectivity index (χ2v) is 9.39. The van der Waals surface area contributed by atoms with Gasteiger partial charge in [-0.05, 0) is 69.3 Å². The number of piperidine rings is 1. The fourth-order valence-corrected chi connectivity index (χ4v) is 4.97. The van der Waals surface area contributed by atoms with Crippen LogP contribution < -0.4 is 4.90 Å². The first-order chi connectivity index (χ1) is 13.4. The molecule has 2 atom stereocenters. The predicted octanol–water partition coefficient (Wildman–Crippen LogP) is 3.27. The van der Waals surface area contributed by atoms with Gasteiger partial charge in [0.2, 0.25) is 5.91 Å². The van der Waals surface area contributed by atoms with E-state index in [2.05, 4.69) is 9.80 Å². The average molecular weight is 426 g/mol. The van der Waals surface area contributed by atoms with E-state index in [1.807, 2.05) is 24.0 Å². The molecule has 7 heteroatoms. The number of hydrogen-bond donors (Lipinski definition) is 1. The molecule has 0 bridgehead atoms. The Balaban J connectivity index is 1.26. The Morgan fingerprint density at radius 2 is 1.89 bits per heavy atom. The van der Waals surface area contributed by atoms with E-state index in [0.29, 0.717) is 10.0 Å². The van der Waals surface area contributed by atoms with E-state index in [9.17, 15) is 9.90 Å². The third kappa shape index (κ3) is 4.00. The minimum Gasteiger partial charge on any atom is -0.391 e. The van der Waals surface area contributed by atoms with Crippen molar-refractivity contribution in [2.24, 2.45) is 5.41 Å². The predicted molar refractivity (Wildman–Crippen MR) is 113 cm³/mol. The summed E-state index contributed by atoms with van der Waals surface area (Å²) in [5.74, 6) is 0.160. The fourth-order valence-electron chi connectivity index (χ4n) is 4.68. The third-order valence-electron chi connectivity index (χ3n) is 6.84. The molecule has 2 aliphatic heterocycles. The van der Waals surface area contributed by atoms with Gasteiger partial charge >= 0.3 is 0 Å². The summed E-state index contributed by atoms with van der Waals surface area (Å²) in [6, 6.07) is 5.32. The van der Waals surface area contributed by atoms with E-state index in [-0.39, 0.29) is 23.5 Å². The molecule has 1 aromatic carbocycles. The number of aliphatic hydroxyl groups excluding tert-OH is 1. The van der Waals surface area contributed by atoms with E-state index in [4.69, 9.17) is 23.2 Å². The van der Waals surface area contributed by atoms with Crippen LogP contribution in [0.15, 0.2) is 18.2 Å². The van der Waals surface area contributed by atoms with Crippen molar-refractivity contribution in [3.8, 4) is 0 Å². The Morgan fingerprint density at radius 3 is 2.57 bits per heavy atom. The number of aliphatic hydroxyl groups is 1. The van der Waals surface area contributed by atoms with E-state index in [0.717, 1.165) is 57.8 Å². The number of benzene rings is 1. The van der Waals surface area contributed by atoms with E-state index >= 15 is 0 Å². The van der Waals surface area contributed by atoms with E-state index in [1.54, 1.807) is 6.07 Å². The quantitative estimate of drug-likeness (QED) is 0.785.